The molecule has 5 rings (SSSR count). The van der Waals surface area contributed by atoms with Crippen molar-refractivity contribution < 1.29 is 26.3 Å². The van der Waals surface area contributed by atoms with E-state index in [0.717, 1.165) is 37.0 Å². The lowest BCUT2D eigenvalue weighted by Gasteiger charge is -2.11. The number of hydrogen-bond acceptors (Lipinski definition) is 0. The standard InChI is InChI=1S/C35H24F6/c1-3-4-5-21-6-8-22(9-7-21)10-11-23-16-30(37)28(14-20(23)2)24-12-13-27(29(36)17-24)25-15-26-19-32(39)34(40)35(41)33(26)31(38)18-25/h6-9,12-19H,3-5H2,1-2H3. The van der Waals surface area contributed by atoms with E-state index in [0.29, 0.717) is 17.2 Å². The van der Waals surface area contributed by atoms with Crippen molar-refractivity contribution in [2.75, 3.05) is 0 Å². The summed E-state index contributed by atoms with van der Waals surface area (Å²) in [5.74, 6) is -1.41. The molecule has 0 unspecified atom stereocenters. The first-order chi connectivity index (χ1) is 19.7. The zero-order valence-corrected chi connectivity index (χ0v) is 22.3. The molecule has 0 aromatic heterocycles. The van der Waals surface area contributed by atoms with Crippen molar-refractivity contribution in [2.45, 2.75) is 33.1 Å². The van der Waals surface area contributed by atoms with E-state index < -0.39 is 40.3 Å². The summed E-state index contributed by atoms with van der Waals surface area (Å²) < 4.78 is 86.4. The molecule has 0 fully saturated rings. The van der Waals surface area contributed by atoms with Gasteiger partial charge in [-0.1, -0.05) is 49.5 Å². The summed E-state index contributed by atoms with van der Waals surface area (Å²) in [6, 6.07) is 17.4. The predicted molar refractivity (Wildman–Crippen MR) is 150 cm³/mol. The molecule has 206 valence electrons. The van der Waals surface area contributed by atoms with Crippen LogP contribution < -0.4 is 0 Å². The molecule has 0 saturated heterocycles. The molecule has 0 aliphatic carbocycles. The second-order valence-corrected chi connectivity index (χ2v) is 9.93. The van der Waals surface area contributed by atoms with Crippen molar-refractivity contribution in [2.24, 2.45) is 0 Å². The van der Waals surface area contributed by atoms with Gasteiger partial charge in [0.2, 0.25) is 0 Å². The first kappa shape index (κ1) is 28.0. The van der Waals surface area contributed by atoms with Crippen LogP contribution in [0.5, 0.6) is 0 Å². The summed E-state index contributed by atoms with van der Waals surface area (Å²) in [7, 11) is 0. The van der Waals surface area contributed by atoms with E-state index >= 15 is 8.78 Å². The maximum absolute atomic E-state index is 15.2. The fourth-order valence-corrected chi connectivity index (χ4v) is 4.77. The van der Waals surface area contributed by atoms with Crippen molar-refractivity contribution in [3.8, 4) is 34.1 Å². The third-order valence-corrected chi connectivity index (χ3v) is 7.04. The summed E-state index contributed by atoms with van der Waals surface area (Å²) >= 11 is 0. The van der Waals surface area contributed by atoms with Gasteiger partial charge in [0.05, 0.1) is 5.39 Å². The third kappa shape index (κ3) is 5.71. The number of halogens is 6. The number of aryl methyl sites for hydroxylation is 2. The highest BCUT2D eigenvalue weighted by atomic mass is 19.2. The highest BCUT2D eigenvalue weighted by molar-refractivity contribution is 5.89. The van der Waals surface area contributed by atoms with E-state index in [2.05, 4.69) is 18.8 Å². The Morgan fingerprint density at radius 1 is 0.610 bits per heavy atom. The van der Waals surface area contributed by atoms with Crippen LogP contribution in [0, 0.1) is 53.7 Å². The second kappa shape index (κ2) is 11.5. The third-order valence-electron chi connectivity index (χ3n) is 7.04. The molecule has 0 nitrogen and oxygen atoms in total. The summed E-state index contributed by atoms with van der Waals surface area (Å²) in [6.45, 7) is 3.93. The molecular formula is C35H24F6. The largest absolute Gasteiger partial charge is 0.206 e. The van der Waals surface area contributed by atoms with Crippen LogP contribution in [0.3, 0.4) is 0 Å². The molecular weight excluding hydrogens is 534 g/mol. The van der Waals surface area contributed by atoms with E-state index in [9.17, 15) is 17.6 Å². The summed E-state index contributed by atoms with van der Waals surface area (Å²) in [5.41, 5.74) is 3.58. The number of hydrogen-bond donors (Lipinski definition) is 0. The van der Waals surface area contributed by atoms with Crippen LogP contribution in [-0.2, 0) is 6.42 Å². The Hall–Kier alpha value is -4.50. The Bertz CT molecular complexity index is 1840. The van der Waals surface area contributed by atoms with Gasteiger partial charge in [0.1, 0.15) is 17.5 Å². The van der Waals surface area contributed by atoms with Gasteiger partial charge in [0.25, 0.3) is 0 Å². The fourth-order valence-electron chi connectivity index (χ4n) is 4.77. The lowest BCUT2D eigenvalue weighted by atomic mass is 9.95. The van der Waals surface area contributed by atoms with E-state index in [1.807, 2.05) is 24.3 Å². The van der Waals surface area contributed by atoms with Crippen molar-refractivity contribution in [3.63, 3.8) is 0 Å². The minimum absolute atomic E-state index is 0.00914. The maximum atomic E-state index is 15.2. The first-order valence-electron chi connectivity index (χ1n) is 13.1. The van der Waals surface area contributed by atoms with Gasteiger partial charge in [-0.05, 0) is 95.9 Å². The number of rotatable bonds is 5. The Morgan fingerprint density at radius 2 is 1.32 bits per heavy atom. The minimum atomic E-state index is -1.79. The SMILES string of the molecule is CCCCc1ccc(C#Cc2cc(F)c(-c3ccc(-c4cc(F)c5c(F)c(F)c(F)cc5c4)c(F)c3)cc2C)cc1. The van der Waals surface area contributed by atoms with Crippen LogP contribution in [0.1, 0.15) is 42.0 Å². The minimum Gasteiger partial charge on any atom is -0.206 e. The van der Waals surface area contributed by atoms with E-state index in [-0.39, 0.29) is 27.6 Å². The molecule has 0 N–H and O–H groups in total. The zero-order chi connectivity index (χ0) is 29.3. The van der Waals surface area contributed by atoms with Gasteiger partial charge in [0, 0.05) is 22.3 Å². The molecule has 0 spiro atoms. The predicted octanol–water partition coefficient (Wildman–Crippen LogP) is 10.1. The highest BCUT2D eigenvalue weighted by Gasteiger charge is 2.19. The van der Waals surface area contributed by atoms with Gasteiger partial charge in [-0.25, -0.2) is 26.3 Å². The fraction of sp³-hybridized carbons (Fsp3) is 0.143. The van der Waals surface area contributed by atoms with E-state index in [4.69, 9.17) is 0 Å². The number of benzene rings is 5. The Labute approximate surface area is 234 Å². The molecule has 0 atom stereocenters. The number of fused-ring (bicyclic) bond motifs is 1. The van der Waals surface area contributed by atoms with Gasteiger partial charge in [-0.2, -0.15) is 0 Å². The average Bonchev–Trinajstić information content (AvgIpc) is 2.95. The van der Waals surface area contributed by atoms with E-state index in [1.165, 1.54) is 29.8 Å². The molecule has 0 aliphatic rings. The highest BCUT2D eigenvalue weighted by Crippen LogP contribution is 2.34. The van der Waals surface area contributed by atoms with Crippen molar-refractivity contribution in [1.29, 1.82) is 0 Å². The zero-order valence-electron chi connectivity index (χ0n) is 22.3. The van der Waals surface area contributed by atoms with Crippen molar-refractivity contribution in [1.82, 2.24) is 0 Å². The van der Waals surface area contributed by atoms with Crippen LogP contribution in [0.25, 0.3) is 33.0 Å². The molecule has 0 amide bonds. The second-order valence-electron chi connectivity index (χ2n) is 9.93. The summed E-state index contributed by atoms with van der Waals surface area (Å²) in [6.07, 6.45) is 3.25. The smallest absolute Gasteiger partial charge is 0.195 e. The molecule has 0 heterocycles. The molecule has 0 saturated carbocycles. The maximum Gasteiger partial charge on any atom is 0.195 e. The quantitative estimate of drug-likeness (QED) is 0.114. The molecule has 6 heteroatoms. The van der Waals surface area contributed by atoms with Gasteiger partial charge in [0.15, 0.2) is 17.5 Å². The molecule has 41 heavy (non-hydrogen) atoms. The van der Waals surface area contributed by atoms with Crippen LogP contribution in [0.15, 0.2) is 72.8 Å². The van der Waals surface area contributed by atoms with Crippen molar-refractivity contribution >= 4 is 10.8 Å². The average molecular weight is 559 g/mol. The van der Waals surface area contributed by atoms with Gasteiger partial charge in [-0.3, -0.25) is 0 Å². The summed E-state index contributed by atoms with van der Waals surface area (Å²) in [4.78, 5) is 0. The van der Waals surface area contributed by atoms with Crippen LogP contribution in [0.4, 0.5) is 26.3 Å². The lowest BCUT2D eigenvalue weighted by Crippen LogP contribution is -1.96. The van der Waals surface area contributed by atoms with Crippen molar-refractivity contribution in [3.05, 3.63) is 130 Å². The molecule has 5 aromatic rings. The molecule has 5 aromatic carbocycles. The topological polar surface area (TPSA) is 0 Å². The lowest BCUT2D eigenvalue weighted by molar-refractivity contribution is 0.451. The molecule has 0 bridgehead atoms. The monoisotopic (exact) mass is 558 g/mol. The molecule has 0 aliphatic heterocycles. The molecule has 0 radical (unpaired) electrons. The van der Waals surface area contributed by atoms with Crippen LogP contribution in [0.2, 0.25) is 0 Å². The van der Waals surface area contributed by atoms with Crippen LogP contribution >= 0.6 is 0 Å². The number of unbranched alkanes of at least 4 members (excludes halogenated alkanes) is 1. The van der Waals surface area contributed by atoms with Gasteiger partial charge >= 0.3 is 0 Å². The summed E-state index contributed by atoms with van der Waals surface area (Å²) in [5, 5.41) is -0.986. The van der Waals surface area contributed by atoms with Crippen LogP contribution in [-0.4, -0.2) is 0 Å². The Balaban J connectivity index is 1.44. The van der Waals surface area contributed by atoms with E-state index in [1.54, 1.807) is 13.0 Å². The normalized spacial score (nSPS) is 11.0. The Morgan fingerprint density at radius 3 is 2.02 bits per heavy atom. The first-order valence-corrected chi connectivity index (χ1v) is 13.1. The Kier molecular flexibility index (Phi) is 7.90. The van der Waals surface area contributed by atoms with Gasteiger partial charge in [-0.15, -0.1) is 0 Å². The van der Waals surface area contributed by atoms with Gasteiger partial charge < -0.3 is 0 Å².